The van der Waals surface area contributed by atoms with E-state index in [0.717, 1.165) is 22.2 Å². The standard InChI is InChI=1S/C18H20BrNO/c1-11(2)12-3-5-13(6-4-12)17-10-16(20)15-8-7-14(19)9-18(15)21-17/h3-9,11,16-17H,10,20H2,1-2H3/t16-,17?/m1/s1. The van der Waals surface area contributed by atoms with Crippen LogP contribution in [0.3, 0.4) is 0 Å². The minimum Gasteiger partial charge on any atom is -0.485 e. The van der Waals surface area contributed by atoms with Gasteiger partial charge in [-0.3, -0.25) is 0 Å². The molecule has 1 aliphatic rings. The number of hydrogen-bond acceptors (Lipinski definition) is 2. The second-order valence-electron chi connectivity index (χ2n) is 5.95. The van der Waals surface area contributed by atoms with Gasteiger partial charge in [-0.2, -0.15) is 0 Å². The zero-order valence-electron chi connectivity index (χ0n) is 12.3. The molecule has 2 atom stereocenters. The largest absolute Gasteiger partial charge is 0.485 e. The fourth-order valence-corrected chi connectivity index (χ4v) is 3.12. The van der Waals surface area contributed by atoms with Crippen molar-refractivity contribution >= 4 is 15.9 Å². The van der Waals surface area contributed by atoms with E-state index in [0.29, 0.717) is 5.92 Å². The van der Waals surface area contributed by atoms with Crippen molar-refractivity contribution in [3.8, 4) is 5.75 Å². The third-order valence-corrected chi connectivity index (χ3v) is 4.58. The Morgan fingerprint density at radius 2 is 1.86 bits per heavy atom. The second kappa shape index (κ2) is 5.82. The predicted octanol–water partition coefficient (Wildman–Crippen LogP) is 5.10. The molecule has 2 N–H and O–H groups in total. The average molecular weight is 346 g/mol. The zero-order valence-corrected chi connectivity index (χ0v) is 13.9. The molecule has 110 valence electrons. The maximum Gasteiger partial charge on any atom is 0.126 e. The lowest BCUT2D eigenvalue weighted by atomic mass is 9.92. The van der Waals surface area contributed by atoms with Crippen LogP contribution in [0.4, 0.5) is 0 Å². The molecular formula is C18H20BrNO. The summed E-state index contributed by atoms with van der Waals surface area (Å²) >= 11 is 3.49. The van der Waals surface area contributed by atoms with Gasteiger partial charge in [0.15, 0.2) is 0 Å². The van der Waals surface area contributed by atoms with E-state index in [1.54, 1.807) is 0 Å². The fourth-order valence-electron chi connectivity index (χ4n) is 2.78. The first-order chi connectivity index (χ1) is 10.0. The highest BCUT2D eigenvalue weighted by molar-refractivity contribution is 9.10. The number of benzene rings is 2. The molecule has 0 bridgehead atoms. The van der Waals surface area contributed by atoms with Crippen LogP contribution in [0, 0.1) is 0 Å². The molecule has 0 radical (unpaired) electrons. The van der Waals surface area contributed by atoms with Crippen LogP contribution in [0.2, 0.25) is 0 Å². The molecule has 2 aromatic carbocycles. The van der Waals surface area contributed by atoms with Gasteiger partial charge in [-0.1, -0.05) is 60.1 Å². The van der Waals surface area contributed by atoms with Crippen LogP contribution in [0.5, 0.6) is 5.75 Å². The highest BCUT2D eigenvalue weighted by atomic mass is 79.9. The molecule has 1 aliphatic heterocycles. The van der Waals surface area contributed by atoms with Gasteiger partial charge in [-0.15, -0.1) is 0 Å². The van der Waals surface area contributed by atoms with Crippen molar-refractivity contribution in [2.45, 2.75) is 38.3 Å². The Morgan fingerprint density at radius 1 is 1.14 bits per heavy atom. The van der Waals surface area contributed by atoms with Gasteiger partial charge < -0.3 is 10.5 Å². The van der Waals surface area contributed by atoms with E-state index in [-0.39, 0.29) is 12.1 Å². The Labute approximate surface area is 134 Å². The van der Waals surface area contributed by atoms with Crippen molar-refractivity contribution in [2.75, 3.05) is 0 Å². The molecule has 0 spiro atoms. The van der Waals surface area contributed by atoms with E-state index in [1.807, 2.05) is 18.2 Å². The van der Waals surface area contributed by atoms with E-state index in [9.17, 15) is 0 Å². The summed E-state index contributed by atoms with van der Waals surface area (Å²) in [5.74, 6) is 1.44. The summed E-state index contributed by atoms with van der Waals surface area (Å²) in [4.78, 5) is 0. The molecule has 2 nitrogen and oxygen atoms in total. The van der Waals surface area contributed by atoms with Gasteiger partial charge in [0, 0.05) is 22.5 Å². The van der Waals surface area contributed by atoms with Gasteiger partial charge in [0.1, 0.15) is 11.9 Å². The molecule has 0 fully saturated rings. The zero-order chi connectivity index (χ0) is 15.0. The SMILES string of the molecule is CC(C)c1ccc(C2C[C@@H](N)c3ccc(Br)cc3O2)cc1. The maximum atomic E-state index is 6.31. The minimum atomic E-state index is 0.0247. The molecule has 1 unspecified atom stereocenters. The number of nitrogens with two attached hydrogens (primary N) is 1. The number of rotatable bonds is 2. The lowest BCUT2D eigenvalue weighted by molar-refractivity contribution is 0.161. The van der Waals surface area contributed by atoms with Crippen LogP contribution in [-0.4, -0.2) is 0 Å². The van der Waals surface area contributed by atoms with Crippen molar-refractivity contribution < 1.29 is 4.74 Å². The van der Waals surface area contributed by atoms with E-state index in [1.165, 1.54) is 11.1 Å². The lowest BCUT2D eigenvalue weighted by Gasteiger charge is -2.31. The molecule has 0 aliphatic carbocycles. The van der Waals surface area contributed by atoms with Gasteiger partial charge in [0.2, 0.25) is 0 Å². The molecule has 0 amide bonds. The normalized spacial score (nSPS) is 21.0. The van der Waals surface area contributed by atoms with Crippen molar-refractivity contribution in [3.63, 3.8) is 0 Å². The summed E-state index contributed by atoms with van der Waals surface area (Å²) in [6, 6.07) is 14.8. The van der Waals surface area contributed by atoms with Crippen LogP contribution >= 0.6 is 15.9 Å². The Balaban J connectivity index is 1.88. The smallest absolute Gasteiger partial charge is 0.126 e. The van der Waals surface area contributed by atoms with E-state index < -0.39 is 0 Å². The fraction of sp³-hybridized carbons (Fsp3) is 0.333. The van der Waals surface area contributed by atoms with Gasteiger partial charge in [0.25, 0.3) is 0 Å². The predicted molar refractivity (Wildman–Crippen MR) is 89.6 cm³/mol. The van der Waals surface area contributed by atoms with Gasteiger partial charge in [0.05, 0.1) is 0 Å². The molecule has 3 rings (SSSR count). The lowest BCUT2D eigenvalue weighted by Crippen LogP contribution is -2.24. The van der Waals surface area contributed by atoms with Crippen molar-refractivity contribution in [2.24, 2.45) is 5.73 Å². The molecule has 3 heteroatoms. The second-order valence-corrected chi connectivity index (χ2v) is 6.87. The van der Waals surface area contributed by atoms with Gasteiger partial charge >= 0.3 is 0 Å². The van der Waals surface area contributed by atoms with Crippen LogP contribution in [0.15, 0.2) is 46.9 Å². The van der Waals surface area contributed by atoms with Crippen LogP contribution in [0.1, 0.15) is 55.0 Å². The van der Waals surface area contributed by atoms with Crippen molar-refractivity contribution in [1.82, 2.24) is 0 Å². The summed E-state index contributed by atoms with van der Waals surface area (Å²) in [7, 11) is 0. The number of fused-ring (bicyclic) bond motifs is 1. The Kier molecular flexibility index (Phi) is 4.05. The molecule has 21 heavy (non-hydrogen) atoms. The first-order valence-corrected chi connectivity index (χ1v) is 8.15. The van der Waals surface area contributed by atoms with Crippen LogP contribution in [-0.2, 0) is 0 Å². The number of hydrogen-bond donors (Lipinski definition) is 1. The van der Waals surface area contributed by atoms with E-state index in [2.05, 4.69) is 54.0 Å². The quantitative estimate of drug-likeness (QED) is 0.821. The van der Waals surface area contributed by atoms with Crippen LogP contribution in [0.25, 0.3) is 0 Å². The third kappa shape index (κ3) is 2.99. The highest BCUT2D eigenvalue weighted by Crippen LogP contribution is 2.40. The molecule has 0 saturated heterocycles. The number of ether oxygens (including phenoxy) is 1. The van der Waals surface area contributed by atoms with Gasteiger partial charge in [-0.25, -0.2) is 0 Å². The Morgan fingerprint density at radius 3 is 2.52 bits per heavy atom. The summed E-state index contributed by atoms with van der Waals surface area (Å²) in [6.45, 7) is 4.41. The summed E-state index contributed by atoms with van der Waals surface area (Å²) in [5, 5.41) is 0. The highest BCUT2D eigenvalue weighted by Gasteiger charge is 2.27. The topological polar surface area (TPSA) is 35.2 Å². The Hall–Kier alpha value is -1.32. The van der Waals surface area contributed by atoms with Crippen molar-refractivity contribution in [1.29, 1.82) is 0 Å². The molecule has 2 aromatic rings. The number of halogens is 1. The molecule has 0 aromatic heterocycles. The summed E-state index contributed by atoms with van der Waals surface area (Å²) in [6.07, 6.45) is 0.846. The molecule has 0 saturated carbocycles. The maximum absolute atomic E-state index is 6.31. The molecular weight excluding hydrogens is 326 g/mol. The van der Waals surface area contributed by atoms with Crippen molar-refractivity contribution in [3.05, 3.63) is 63.6 Å². The Bertz CT molecular complexity index is 636. The van der Waals surface area contributed by atoms with Crippen LogP contribution < -0.4 is 10.5 Å². The average Bonchev–Trinajstić information content (AvgIpc) is 2.46. The first kappa shape index (κ1) is 14.6. The summed E-state index contributed by atoms with van der Waals surface area (Å²) in [5.41, 5.74) is 9.94. The third-order valence-electron chi connectivity index (χ3n) is 4.09. The monoisotopic (exact) mass is 345 g/mol. The van der Waals surface area contributed by atoms with Gasteiger partial charge in [-0.05, 0) is 29.2 Å². The van der Waals surface area contributed by atoms with E-state index in [4.69, 9.17) is 10.5 Å². The first-order valence-electron chi connectivity index (χ1n) is 7.36. The minimum absolute atomic E-state index is 0.0247. The summed E-state index contributed by atoms with van der Waals surface area (Å²) < 4.78 is 7.18. The van der Waals surface area contributed by atoms with E-state index >= 15 is 0 Å². The molecule has 1 heterocycles.